The molecule has 1 unspecified atom stereocenters. The Morgan fingerprint density at radius 1 is 1.44 bits per heavy atom. The highest BCUT2D eigenvalue weighted by Gasteiger charge is 2.04. The number of nitrogens with zero attached hydrogens (tertiary/aromatic N) is 2. The van der Waals surface area contributed by atoms with Crippen molar-refractivity contribution in [1.29, 1.82) is 0 Å². The van der Waals surface area contributed by atoms with E-state index in [1.807, 2.05) is 42.9 Å². The molecule has 0 saturated heterocycles. The molecule has 2 rings (SSSR count). The summed E-state index contributed by atoms with van der Waals surface area (Å²) in [5, 5.41) is 4.13. The monoisotopic (exact) mass is 245 g/mol. The Kier molecular flexibility index (Phi) is 3.99. The van der Waals surface area contributed by atoms with Gasteiger partial charge in [0.05, 0.1) is 6.54 Å². The van der Waals surface area contributed by atoms with E-state index in [1.165, 1.54) is 0 Å². The lowest BCUT2D eigenvalue weighted by Crippen LogP contribution is -2.09. The molecule has 0 aliphatic carbocycles. The van der Waals surface area contributed by atoms with Gasteiger partial charge in [0.2, 0.25) is 0 Å². The zero-order valence-electron chi connectivity index (χ0n) is 10.8. The Hall–Kier alpha value is -1.81. The van der Waals surface area contributed by atoms with Crippen LogP contribution in [0.15, 0.2) is 36.7 Å². The van der Waals surface area contributed by atoms with E-state index >= 15 is 0 Å². The molecule has 2 N–H and O–H groups in total. The highest BCUT2D eigenvalue weighted by Crippen LogP contribution is 2.21. The molecule has 4 nitrogen and oxygen atoms in total. The van der Waals surface area contributed by atoms with Crippen molar-refractivity contribution in [2.45, 2.75) is 26.4 Å². The molecule has 0 spiro atoms. The predicted octanol–water partition coefficient (Wildman–Crippen LogP) is 2.29. The second-order valence-corrected chi connectivity index (χ2v) is 4.43. The average molecular weight is 245 g/mol. The SMILES string of the molecule is Cc1cc(C(C)N)ccc1OCCn1cccn1. The zero-order chi connectivity index (χ0) is 13.0. The van der Waals surface area contributed by atoms with E-state index in [-0.39, 0.29) is 6.04 Å². The van der Waals surface area contributed by atoms with Crippen molar-refractivity contribution in [2.24, 2.45) is 5.73 Å². The number of hydrogen-bond acceptors (Lipinski definition) is 3. The molecule has 1 aromatic carbocycles. The minimum atomic E-state index is 0.0572. The van der Waals surface area contributed by atoms with E-state index in [4.69, 9.17) is 10.5 Å². The van der Waals surface area contributed by atoms with Crippen LogP contribution in [-0.2, 0) is 6.54 Å². The average Bonchev–Trinajstić information content (AvgIpc) is 2.84. The van der Waals surface area contributed by atoms with Gasteiger partial charge in [0.1, 0.15) is 12.4 Å². The van der Waals surface area contributed by atoms with Gasteiger partial charge in [0, 0.05) is 18.4 Å². The summed E-state index contributed by atoms with van der Waals surface area (Å²) in [7, 11) is 0. The Bertz CT molecular complexity index is 492. The van der Waals surface area contributed by atoms with E-state index in [0.717, 1.165) is 23.4 Å². The molecule has 1 heterocycles. The van der Waals surface area contributed by atoms with Gasteiger partial charge in [-0.05, 0) is 37.1 Å². The lowest BCUT2D eigenvalue weighted by molar-refractivity contribution is 0.289. The van der Waals surface area contributed by atoms with E-state index in [2.05, 4.69) is 11.2 Å². The van der Waals surface area contributed by atoms with Crippen molar-refractivity contribution in [1.82, 2.24) is 9.78 Å². The number of ether oxygens (including phenoxy) is 1. The maximum absolute atomic E-state index is 5.84. The summed E-state index contributed by atoms with van der Waals surface area (Å²) >= 11 is 0. The third-order valence-corrected chi connectivity index (χ3v) is 2.86. The molecule has 18 heavy (non-hydrogen) atoms. The summed E-state index contributed by atoms with van der Waals surface area (Å²) in [6.45, 7) is 5.38. The summed E-state index contributed by atoms with van der Waals surface area (Å²) in [5.74, 6) is 0.909. The van der Waals surface area contributed by atoms with Crippen molar-refractivity contribution < 1.29 is 4.74 Å². The van der Waals surface area contributed by atoms with Gasteiger partial charge in [-0.25, -0.2) is 0 Å². The first-order chi connectivity index (χ1) is 8.66. The molecular weight excluding hydrogens is 226 g/mol. The van der Waals surface area contributed by atoms with Crippen molar-refractivity contribution in [3.8, 4) is 5.75 Å². The molecule has 1 aromatic heterocycles. The van der Waals surface area contributed by atoms with Crippen LogP contribution >= 0.6 is 0 Å². The van der Waals surface area contributed by atoms with Gasteiger partial charge in [0.15, 0.2) is 0 Å². The second kappa shape index (κ2) is 5.69. The minimum absolute atomic E-state index is 0.0572. The lowest BCUT2D eigenvalue weighted by atomic mass is 10.1. The highest BCUT2D eigenvalue weighted by molar-refractivity contribution is 5.37. The standard InChI is InChI=1S/C14H19N3O/c1-11-10-13(12(2)15)4-5-14(11)18-9-8-17-7-3-6-16-17/h3-7,10,12H,8-9,15H2,1-2H3. The van der Waals surface area contributed by atoms with Crippen LogP contribution in [0.4, 0.5) is 0 Å². The Balaban J connectivity index is 1.93. The highest BCUT2D eigenvalue weighted by atomic mass is 16.5. The van der Waals surface area contributed by atoms with E-state index < -0.39 is 0 Å². The number of nitrogens with two attached hydrogens (primary N) is 1. The van der Waals surface area contributed by atoms with Crippen LogP contribution in [0.5, 0.6) is 5.75 Å². The Labute approximate surface area is 107 Å². The van der Waals surface area contributed by atoms with Crippen LogP contribution in [-0.4, -0.2) is 16.4 Å². The molecule has 1 atom stereocenters. The first-order valence-corrected chi connectivity index (χ1v) is 6.13. The number of rotatable bonds is 5. The zero-order valence-corrected chi connectivity index (χ0v) is 10.8. The number of benzene rings is 1. The first-order valence-electron chi connectivity index (χ1n) is 6.13. The van der Waals surface area contributed by atoms with E-state index in [9.17, 15) is 0 Å². The first kappa shape index (κ1) is 12.6. The molecule has 2 aromatic rings. The molecule has 0 aliphatic rings. The molecular formula is C14H19N3O. The van der Waals surface area contributed by atoms with Gasteiger partial charge < -0.3 is 10.5 Å². The Morgan fingerprint density at radius 3 is 2.89 bits per heavy atom. The molecule has 0 bridgehead atoms. The molecule has 0 amide bonds. The van der Waals surface area contributed by atoms with Crippen LogP contribution in [0.25, 0.3) is 0 Å². The normalized spacial score (nSPS) is 12.4. The van der Waals surface area contributed by atoms with Crippen LogP contribution in [0.2, 0.25) is 0 Å². The van der Waals surface area contributed by atoms with Gasteiger partial charge in [-0.3, -0.25) is 4.68 Å². The van der Waals surface area contributed by atoms with E-state index in [1.54, 1.807) is 6.20 Å². The predicted molar refractivity (Wildman–Crippen MR) is 71.5 cm³/mol. The number of aromatic nitrogens is 2. The lowest BCUT2D eigenvalue weighted by Gasteiger charge is -2.12. The fourth-order valence-corrected chi connectivity index (χ4v) is 1.80. The van der Waals surface area contributed by atoms with Gasteiger partial charge in [-0.15, -0.1) is 0 Å². The van der Waals surface area contributed by atoms with Gasteiger partial charge in [-0.2, -0.15) is 5.10 Å². The summed E-state index contributed by atoms with van der Waals surface area (Å²) in [6, 6.07) is 8.04. The molecule has 0 fully saturated rings. The Morgan fingerprint density at radius 2 is 2.28 bits per heavy atom. The molecule has 0 radical (unpaired) electrons. The number of aryl methyl sites for hydroxylation is 1. The molecule has 0 aliphatic heterocycles. The van der Waals surface area contributed by atoms with Crippen LogP contribution in [0.3, 0.4) is 0 Å². The van der Waals surface area contributed by atoms with E-state index in [0.29, 0.717) is 6.61 Å². The van der Waals surface area contributed by atoms with Gasteiger partial charge in [0.25, 0.3) is 0 Å². The van der Waals surface area contributed by atoms with Crippen LogP contribution < -0.4 is 10.5 Å². The second-order valence-electron chi connectivity index (χ2n) is 4.43. The maximum Gasteiger partial charge on any atom is 0.122 e. The summed E-state index contributed by atoms with van der Waals surface area (Å²) < 4.78 is 7.60. The maximum atomic E-state index is 5.84. The third-order valence-electron chi connectivity index (χ3n) is 2.86. The van der Waals surface area contributed by atoms with Crippen molar-refractivity contribution in [2.75, 3.05) is 6.61 Å². The summed E-state index contributed by atoms with van der Waals surface area (Å²) in [4.78, 5) is 0. The van der Waals surface area contributed by atoms with Gasteiger partial charge in [-0.1, -0.05) is 12.1 Å². The fourth-order valence-electron chi connectivity index (χ4n) is 1.80. The van der Waals surface area contributed by atoms with Crippen molar-refractivity contribution >= 4 is 0 Å². The van der Waals surface area contributed by atoms with Crippen LogP contribution in [0.1, 0.15) is 24.1 Å². The topological polar surface area (TPSA) is 53.1 Å². The van der Waals surface area contributed by atoms with Crippen molar-refractivity contribution in [3.63, 3.8) is 0 Å². The molecule has 4 heteroatoms. The fraction of sp³-hybridized carbons (Fsp3) is 0.357. The number of hydrogen-bond donors (Lipinski definition) is 1. The van der Waals surface area contributed by atoms with Crippen molar-refractivity contribution in [3.05, 3.63) is 47.8 Å². The quantitative estimate of drug-likeness (QED) is 0.879. The summed E-state index contributed by atoms with van der Waals surface area (Å²) in [6.07, 6.45) is 3.69. The smallest absolute Gasteiger partial charge is 0.122 e. The summed E-state index contributed by atoms with van der Waals surface area (Å²) in [5.41, 5.74) is 8.09. The van der Waals surface area contributed by atoms with Crippen LogP contribution in [0, 0.1) is 6.92 Å². The minimum Gasteiger partial charge on any atom is -0.491 e. The molecule has 0 saturated carbocycles. The largest absolute Gasteiger partial charge is 0.491 e. The molecule has 96 valence electrons. The van der Waals surface area contributed by atoms with Gasteiger partial charge >= 0.3 is 0 Å². The third kappa shape index (κ3) is 3.11.